The molecule has 2 aromatic carbocycles. The zero-order chi connectivity index (χ0) is 33.5. The quantitative estimate of drug-likeness (QED) is 0.229. The molecular formula is C37H42N8O4. The molecule has 12 heteroatoms. The number of anilines is 3. The highest BCUT2D eigenvalue weighted by Crippen LogP contribution is 2.39. The molecular weight excluding hydrogens is 620 g/mol. The summed E-state index contributed by atoms with van der Waals surface area (Å²) in [5.41, 5.74) is 11.8. The summed E-state index contributed by atoms with van der Waals surface area (Å²) in [6, 6.07) is 13.1. The van der Waals surface area contributed by atoms with Crippen LogP contribution in [0.3, 0.4) is 0 Å². The van der Waals surface area contributed by atoms with Gasteiger partial charge in [0.05, 0.1) is 12.1 Å². The number of rotatable bonds is 7. The molecule has 0 radical (unpaired) electrons. The van der Waals surface area contributed by atoms with Crippen molar-refractivity contribution in [3.8, 4) is 0 Å². The highest BCUT2D eigenvalue weighted by molar-refractivity contribution is 6.02. The van der Waals surface area contributed by atoms with Gasteiger partial charge in [-0.15, -0.1) is 0 Å². The van der Waals surface area contributed by atoms with Crippen LogP contribution in [0.25, 0.3) is 11.0 Å². The van der Waals surface area contributed by atoms with Crippen LogP contribution in [0.1, 0.15) is 102 Å². The highest BCUT2D eigenvalue weighted by Gasteiger charge is 2.34. The Kier molecular flexibility index (Phi) is 8.48. The lowest BCUT2D eigenvalue weighted by Gasteiger charge is -2.39. The van der Waals surface area contributed by atoms with Gasteiger partial charge in [-0.05, 0) is 93.0 Å². The van der Waals surface area contributed by atoms with E-state index >= 15 is 0 Å². The molecule has 0 spiro atoms. The maximum Gasteiger partial charge on any atom is 0.271 e. The minimum absolute atomic E-state index is 0.141. The summed E-state index contributed by atoms with van der Waals surface area (Å²) in [4.78, 5) is 50.3. The second kappa shape index (κ2) is 13.2. The normalized spacial score (nSPS) is 23.3. The standard InChI is InChI=1S/C37H42N8O4/c38-35(47)33-36(41-30(20-39-33)44-17-2-1-3-18-44)40-25-9-4-22(5-10-25)23-6-11-26(12-7-23)45-19-16-24-8-13-27-32(43-49-34(27)29(24)21-45)28-14-15-31(46)42-37(28)48/h4-5,8-10,13,20,23,26,28H,1-3,6-7,11-12,14-19,21H2,(H2,38,47)(H,40,41)(H,42,46,48). The molecule has 4 aromatic rings. The lowest BCUT2D eigenvalue weighted by atomic mass is 9.80. The summed E-state index contributed by atoms with van der Waals surface area (Å²) in [6.45, 7) is 3.69. The van der Waals surface area contributed by atoms with Crippen LogP contribution in [-0.4, -0.2) is 63.4 Å². The summed E-state index contributed by atoms with van der Waals surface area (Å²) >= 11 is 0. The van der Waals surface area contributed by atoms with E-state index in [1.54, 1.807) is 6.20 Å². The van der Waals surface area contributed by atoms with Crippen LogP contribution in [-0.2, 0) is 22.6 Å². The third kappa shape index (κ3) is 6.25. The number of aromatic nitrogens is 3. The Balaban J connectivity index is 0.909. The lowest BCUT2D eigenvalue weighted by molar-refractivity contribution is -0.134. The fraction of sp³-hybridized carbons (Fsp3) is 0.459. The molecule has 12 nitrogen and oxygen atoms in total. The Labute approximate surface area is 284 Å². The fourth-order valence-corrected chi connectivity index (χ4v) is 8.26. The maximum atomic E-state index is 12.6. The number of carbonyl (C=O) groups excluding carboxylic acids is 3. The van der Waals surface area contributed by atoms with Gasteiger partial charge < -0.3 is 20.5 Å². The average molecular weight is 663 g/mol. The third-order valence-electron chi connectivity index (χ3n) is 11.0. The van der Waals surface area contributed by atoms with E-state index in [9.17, 15) is 14.4 Å². The number of nitrogens with zero attached hydrogens (tertiary/aromatic N) is 5. The summed E-state index contributed by atoms with van der Waals surface area (Å²) in [5, 5.41) is 11.0. The monoisotopic (exact) mass is 662 g/mol. The Hall–Kier alpha value is -4.84. The number of imide groups is 1. The number of nitrogens with two attached hydrogens (primary N) is 1. The second-order valence-corrected chi connectivity index (χ2v) is 14.0. The van der Waals surface area contributed by atoms with Gasteiger partial charge in [-0.2, -0.15) is 0 Å². The number of hydrogen-bond donors (Lipinski definition) is 3. The van der Waals surface area contributed by atoms with Crippen LogP contribution in [0, 0.1) is 0 Å². The van der Waals surface area contributed by atoms with Gasteiger partial charge in [0.25, 0.3) is 5.91 Å². The molecule has 1 saturated carbocycles. The molecule has 254 valence electrons. The van der Waals surface area contributed by atoms with Gasteiger partial charge in [0.2, 0.25) is 11.8 Å². The zero-order valence-corrected chi connectivity index (χ0v) is 27.6. The van der Waals surface area contributed by atoms with Crippen molar-refractivity contribution in [1.29, 1.82) is 0 Å². The van der Waals surface area contributed by atoms with Gasteiger partial charge in [-0.1, -0.05) is 23.4 Å². The molecule has 2 saturated heterocycles. The molecule has 5 heterocycles. The summed E-state index contributed by atoms with van der Waals surface area (Å²) < 4.78 is 5.91. The van der Waals surface area contributed by atoms with E-state index in [1.165, 1.54) is 23.1 Å². The SMILES string of the molecule is NC(=O)c1ncc(N2CCCCC2)nc1Nc1ccc(C2CCC(N3CCc4ccc5c(C6CCC(=O)NC6=O)noc5c4C3)CC2)cc1. The Morgan fingerprint density at radius 2 is 1.73 bits per heavy atom. The highest BCUT2D eigenvalue weighted by atomic mass is 16.5. The Morgan fingerprint density at radius 1 is 0.939 bits per heavy atom. The van der Waals surface area contributed by atoms with Crippen molar-refractivity contribution in [3.05, 3.63) is 70.7 Å². The van der Waals surface area contributed by atoms with Crippen molar-refractivity contribution in [2.45, 2.75) is 88.6 Å². The number of amides is 3. The van der Waals surface area contributed by atoms with E-state index in [2.05, 4.69) is 60.9 Å². The van der Waals surface area contributed by atoms with E-state index in [0.29, 0.717) is 36.3 Å². The van der Waals surface area contributed by atoms with Gasteiger partial charge >= 0.3 is 0 Å². The maximum absolute atomic E-state index is 12.6. The predicted octanol–water partition coefficient (Wildman–Crippen LogP) is 5.06. The van der Waals surface area contributed by atoms with Crippen molar-refractivity contribution in [2.75, 3.05) is 29.9 Å². The van der Waals surface area contributed by atoms with Crippen LogP contribution in [0.4, 0.5) is 17.3 Å². The molecule has 49 heavy (non-hydrogen) atoms. The van der Waals surface area contributed by atoms with Crippen LogP contribution in [0.5, 0.6) is 0 Å². The summed E-state index contributed by atoms with van der Waals surface area (Å²) in [6.07, 6.45) is 11.3. The van der Waals surface area contributed by atoms with E-state index < -0.39 is 11.8 Å². The minimum Gasteiger partial charge on any atom is -0.364 e. The van der Waals surface area contributed by atoms with Crippen molar-refractivity contribution in [1.82, 2.24) is 25.3 Å². The number of hydrogen-bond acceptors (Lipinski definition) is 10. The Bertz CT molecular complexity index is 1890. The molecule has 3 aliphatic heterocycles. The minimum atomic E-state index is -0.604. The number of nitrogens with one attached hydrogen (secondary N) is 2. The summed E-state index contributed by atoms with van der Waals surface area (Å²) in [7, 11) is 0. The van der Waals surface area contributed by atoms with Crippen molar-refractivity contribution in [2.24, 2.45) is 5.73 Å². The van der Waals surface area contributed by atoms with Crippen LogP contribution < -0.4 is 21.3 Å². The van der Waals surface area contributed by atoms with Gasteiger partial charge in [-0.3, -0.25) is 24.6 Å². The first-order valence-corrected chi connectivity index (χ1v) is 17.7. The molecule has 8 rings (SSSR count). The number of piperidine rings is 2. The van der Waals surface area contributed by atoms with E-state index in [1.807, 2.05) is 6.07 Å². The first-order valence-electron chi connectivity index (χ1n) is 17.7. The first kappa shape index (κ1) is 31.4. The van der Waals surface area contributed by atoms with Crippen LogP contribution in [0.2, 0.25) is 0 Å². The smallest absolute Gasteiger partial charge is 0.271 e. The summed E-state index contributed by atoms with van der Waals surface area (Å²) in [5.74, 6) is 0.0511. The largest absolute Gasteiger partial charge is 0.364 e. The molecule has 1 aliphatic carbocycles. The predicted molar refractivity (Wildman–Crippen MR) is 185 cm³/mol. The fourth-order valence-electron chi connectivity index (χ4n) is 8.26. The van der Waals surface area contributed by atoms with E-state index in [-0.39, 0.29) is 17.5 Å². The van der Waals surface area contributed by atoms with E-state index in [4.69, 9.17) is 15.2 Å². The molecule has 0 bridgehead atoms. The molecule has 4 N–H and O–H groups in total. The van der Waals surface area contributed by atoms with Crippen molar-refractivity contribution in [3.63, 3.8) is 0 Å². The van der Waals surface area contributed by atoms with Gasteiger partial charge in [0.15, 0.2) is 17.1 Å². The van der Waals surface area contributed by atoms with Crippen LogP contribution in [0.15, 0.2) is 47.1 Å². The molecule has 3 amide bonds. The van der Waals surface area contributed by atoms with Gasteiger partial charge in [0.1, 0.15) is 11.5 Å². The molecule has 3 fully saturated rings. The topological polar surface area (TPSA) is 160 Å². The van der Waals surface area contributed by atoms with Gasteiger partial charge in [0, 0.05) is 55.3 Å². The molecule has 4 aliphatic rings. The zero-order valence-electron chi connectivity index (χ0n) is 27.6. The molecule has 1 atom stereocenters. The second-order valence-electron chi connectivity index (χ2n) is 14.0. The van der Waals surface area contributed by atoms with Gasteiger partial charge in [-0.25, -0.2) is 9.97 Å². The van der Waals surface area contributed by atoms with Crippen molar-refractivity contribution < 1.29 is 18.9 Å². The Morgan fingerprint density at radius 3 is 2.49 bits per heavy atom. The average Bonchev–Trinajstić information content (AvgIpc) is 3.56. The van der Waals surface area contributed by atoms with Crippen molar-refractivity contribution >= 4 is 46.0 Å². The number of benzene rings is 2. The third-order valence-corrected chi connectivity index (χ3v) is 11.0. The lowest BCUT2D eigenvalue weighted by Crippen LogP contribution is -2.41. The number of primary amides is 1. The number of carbonyl (C=O) groups is 3. The molecule has 1 unspecified atom stereocenters. The van der Waals surface area contributed by atoms with E-state index in [0.717, 1.165) is 93.6 Å². The first-order chi connectivity index (χ1) is 23.9. The van der Waals surface area contributed by atoms with Crippen LogP contribution >= 0.6 is 0 Å². The molecule has 2 aromatic heterocycles. The number of fused-ring (bicyclic) bond motifs is 3.